The van der Waals surface area contributed by atoms with E-state index in [-0.39, 0.29) is 24.9 Å². The fourth-order valence-corrected chi connectivity index (χ4v) is 6.19. The van der Waals surface area contributed by atoms with Gasteiger partial charge in [-0.3, -0.25) is 9.59 Å². The average Bonchev–Trinajstić information content (AvgIpc) is 2.90. The molecule has 0 spiro atoms. The van der Waals surface area contributed by atoms with Gasteiger partial charge in [0.05, 0.1) is 5.56 Å². The van der Waals surface area contributed by atoms with E-state index in [1.54, 1.807) is 19.0 Å². The van der Waals surface area contributed by atoms with Crippen molar-refractivity contribution in [2.75, 3.05) is 52.3 Å². The van der Waals surface area contributed by atoms with Crippen LogP contribution in [-0.2, 0) is 21.3 Å². The molecule has 2 aromatic carbocycles. The van der Waals surface area contributed by atoms with Gasteiger partial charge in [0, 0.05) is 71.1 Å². The summed E-state index contributed by atoms with van der Waals surface area (Å²) in [6, 6.07) is 9.29. The Labute approximate surface area is 243 Å². The van der Waals surface area contributed by atoms with Gasteiger partial charge in [-0.2, -0.15) is 13.2 Å². The molecular weight excluding hydrogens is 557 g/mol. The summed E-state index contributed by atoms with van der Waals surface area (Å²) in [6.45, 7) is 4.60. The van der Waals surface area contributed by atoms with Gasteiger partial charge in [0.2, 0.25) is 5.60 Å². The number of piperidine rings is 1. The van der Waals surface area contributed by atoms with E-state index in [2.05, 4.69) is 4.90 Å². The van der Waals surface area contributed by atoms with Crippen LogP contribution in [0, 0.1) is 18.8 Å². The molecule has 0 N–H and O–H groups in total. The van der Waals surface area contributed by atoms with Gasteiger partial charge in [-0.05, 0) is 73.9 Å². The lowest BCUT2D eigenvalue weighted by Crippen LogP contribution is -2.62. The SMILES string of the molecule is COC(C(=O)N1CC(CC2CCN(c3ccc(C(=O)N(C)C)c(C)c3)CC2)C1)(c1cccc(C(F)(F)F)c1)C(C)(F)F. The van der Waals surface area contributed by atoms with Crippen LogP contribution in [-0.4, -0.2) is 74.9 Å². The highest BCUT2D eigenvalue weighted by Gasteiger charge is 2.61. The van der Waals surface area contributed by atoms with Gasteiger partial charge in [-0.1, -0.05) is 12.1 Å². The van der Waals surface area contributed by atoms with E-state index in [9.17, 15) is 22.8 Å². The number of halogens is 5. The van der Waals surface area contributed by atoms with Crippen LogP contribution in [0.5, 0.6) is 0 Å². The van der Waals surface area contributed by atoms with Gasteiger partial charge in [0.15, 0.2) is 0 Å². The number of nitrogens with zero attached hydrogens (tertiary/aromatic N) is 3. The molecule has 0 radical (unpaired) electrons. The number of amides is 2. The Morgan fingerprint density at radius 1 is 0.952 bits per heavy atom. The van der Waals surface area contributed by atoms with Gasteiger partial charge in [-0.25, -0.2) is 8.78 Å². The predicted molar refractivity (Wildman–Crippen MR) is 150 cm³/mol. The molecule has 2 amide bonds. The number of ether oxygens (including phenoxy) is 1. The highest BCUT2D eigenvalue weighted by atomic mass is 19.4. The Bertz CT molecular complexity index is 1300. The summed E-state index contributed by atoms with van der Waals surface area (Å²) in [7, 11) is 4.37. The summed E-state index contributed by atoms with van der Waals surface area (Å²) in [5.74, 6) is -4.33. The summed E-state index contributed by atoms with van der Waals surface area (Å²) in [4.78, 5) is 30.9. The molecule has 2 aromatic rings. The third-order valence-electron chi connectivity index (χ3n) is 8.56. The molecule has 0 bridgehead atoms. The van der Waals surface area contributed by atoms with Crippen molar-refractivity contribution < 1.29 is 36.3 Å². The molecule has 0 saturated carbocycles. The van der Waals surface area contributed by atoms with Crippen LogP contribution in [0.2, 0.25) is 0 Å². The average molecular weight is 596 g/mol. The van der Waals surface area contributed by atoms with Crippen LogP contribution < -0.4 is 4.90 Å². The molecule has 2 aliphatic heterocycles. The van der Waals surface area contributed by atoms with Crippen molar-refractivity contribution in [3.05, 3.63) is 64.7 Å². The molecule has 2 fully saturated rings. The molecule has 42 heavy (non-hydrogen) atoms. The van der Waals surface area contributed by atoms with Crippen LogP contribution in [0.3, 0.4) is 0 Å². The number of methoxy groups -OCH3 is 1. The smallest absolute Gasteiger partial charge is 0.372 e. The minimum Gasteiger partial charge on any atom is -0.372 e. The monoisotopic (exact) mass is 595 g/mol. The topological polar surface area (TPSA) is 53.1 Å². The molecule has 1 atom stereocenters. The fraction of sp³-hybridized carbons (Fsp3) is 0.548. The van der Waals surface area contributed by atoms with Crippen molar-refractivity contribution in [1.29, 1.82) is 0 Å². The van der Waals surface area contributed by atoms with E-state index in [0.29, 0.717) is 24.5 Å². The van der Waals surface area contributed by atoms with Crippen LogP contribution >= 0.6 is 0 Å². The van der Waals surface area contributed by atoms with Crippen molar-refractivity contribution in [2.45, 2.75) is 50.8 Å². The van der Waals surface area contributed by atoms with Gasteiger partial charge >= 0.3 is 6.18 Å². The first-order chi connectivity index (χ1) is 19.6. The first-order valence-electron chi connectivity index (χ1n) is 14.1. The minimum absolute atomic E-state index is 0.0361. The van der Waals surface area contributed by atoms with Crippen LogP contribution in [0.4, 0.5) is 27.6 Å². The summed E-state index contributed by atoms with van der Waals surface area (Å²) in [6.07, 6.45) is -2.06. The molecule has 2 aliphatic rings. The zero-order chi connectivity index (χ0) is 31.0. The lowest BCUT2D eigenvalue weighted by molar-refractivity contribution is -0.213. The molecule has 1 unspecified atom stereocenters. The van der Waals surface area contributed by atoms with Gasteiger partial charge < -0.3 is 19.4 Å². The Hall–Kier alpha value is -3.21. The quantitative estimate of drug-likeness (QED) is 0.353. The Morgan fingerprint density at radius 3 is 2.10 bits per heavy atom. The first-order valence-corrected chi connectivity index (χ1v) is 14.1. The Kier molecular flexibility index (Phi) is 8.92. The van der Waals surface area contributed by atoms with E-state index < -0.39 is 34.7 Å². The number of carbonyl (C=O) groups is 2. The number of aryl methyl sites for hydroxylation is 1. The van der Waals surface area contributed by atoms with Gasteiger partial charge in [0.25, 0.3) is 17.7 Å². The van der Waals surface area contributed by atoms with Crippen LogP contribution in [0.25, 0.3) is 0 Å². The van der Waals surface area contributed by atoms with Crippen molar-refractivity contribution in [1.82, 2.24) is 9.80 Å². The highest BCUT2D eigenvalue weighted by molar-refractivity contribution is 5.95. The maximum atomic E-state index is 15.0. The minimum atomic E-state index is -4.76. The number of likely N-dealkylation sites (tertiary alicyclic amines) is 1. The summed E-state index contributed by atoms with van der Waals surface area (Å²) in [5.41, 5.74) is -1.86. The maximum Gasteiger partial charge on any atom is 0.416 e. The van der Waals surface area contributed by atoms with Crippen molar-refractivity contribution in [3.8, 4) is 0 Å². The molecule has 4 rings (SSSR count). The summed E-state index contributed by atoms with van der Waals surface area (Å²) >= 11 is 0. The molecule has 2 heterocycles. The summed E-state index contributed by atoms with van der Waals surface area (Å²) < 4.78 is 75.2. The molecule has 11 heteroatoms. The molecule has 6 nitrogen and oxygen atoms in total. The maximum absolute atomic E-state index is 15.0. The van der Waals surface area contributed by atoms with Gasteiger partial charge in [-0.15, -0.1) is 0 Å². The number of alkyl halides is 5. The van der Waals surface area contributed by atoms with Crippen LogP contribution in [0.15, 0.2) is 42.5 Å². The second-order valence-corrected chi connectivity index (χ2v) is 11.8. The summed E-state index contributed by atoms with van der Waals surface area (Å²) in [5, 5.41) is 0. The largest absolute Gasteiger partial charge is 0.416 e. The molecule has 230 valence electrons. The van der Waals surface area contributed by atoms with Crippen molar-refractivity contribution in [3.63, 3.8) is 0 Å². The standard InChI is InChI=1S/C31H38F5N3O3/c1-20-15-25(9-10-26(20)27(40)37(3)4)38-13-11-21(12-14-38)16-22-18-39(19-22)28(41)30(42-5,29(2,32)33)23-7-6-8-24(17-23)31(34,35)36/h6-10,15,17,21-22H,11-14,16,18-19H2,1-5H3. The predicted octanol–water partition coefficient (Wildman–Crippen LogP) is 5.98. The number of hydrogen-bond acceptors (Lipinski definition) is 4. The third-order valence-corrected chi connectivity index (χ3v) is 8.56. The Balaban J connectivity index is 1.36. The second-order valence-electron chi connectivity index (χ2n) is 11.8. The van der Waals surface area contributed by atoms with E-state index in [1.165, 1.54) is 4.90 Å². The molecule has 2 saturated heterocycles. The van der Waals surface area contributed by atoms with Crippen molar-refractivity contribution in [2.24, 2.45) is 11.8 Å². The number of hydrogen-bond donors (Lipinski definition) is 0. The Morgan fingerprint density at radius 2 is 1.57 bits per heavy atom. The normalized spacial score (nSPS) is 18.4. The number of anilines is 1. The highest BCUT2D eigenvalue weighted by Crippen LogP contribution is 2.45. The fourth-order valence-electron chi connectivity index (χ4n) is 6.19. The van der Waals surface area contributed by atoms with E-state index in [4.69, 9.17) is 4.74 Å². The van der Waals surface area contributed by atoms with E-state index in [0.717, 1.165) is 68.9 Å². The lowest BCUT2D eigenvalue weighted by Gasteiger charge is -2.47. The number of carbonyl (C=O) groups excluding carboxylic acids is 2. The van der Waals surface area contributed by atoms with Crippen LogP contribution in [0.1, 0.15) is 53.2 Å². The molecule has 0 aliphatic carbocycles. The van der Waals surface area contributed by atoms with Gasteiger partial charge in [0.1, 0.15) is 0 Å². The lowest BCUT2D eigenvalue weighted by atomic mass is 9.80. The second kappa shape index (κ2) is 11.8. The third kappa shape index (κ3) is 6.11. The van der Waals surface area contributed by atoms with Crippen molar-refractivity contribution >= 4 is 17.5 Å². The number of rotatable bonds is 8. The zero-order valence-corrected chi connectivity index (χ0v) is 24.6. The molecular formula is C31H38F5N3O3. The number of benzene rings is 2. The van der Waals surface area contributed by atoms with E-state index in [1.807, 2.05) is 25.1 Å². The molecule has 0 aromatic heterocycles. The first kappa shape index (κ1) is 31.7. The van der Waals surface area contributed by atoms with E-state index >= 15 is 8.78 Å². The zero-order valence-electron chi connectivity index (χ0n) is 24.6.